The van der Waals surface area contributed by atoms with E-state index >= 15 is 0 Å². The van der Waals surface area contributed by atoms with Gasteiger partial charge in [0.05, 0.1) is 12.7 Å². The van der Waals surface area contributed by atoms with Crippen LogP contribution >= 0.6 is 0 Å². The van der Waals surface area contributed by atoms with Crippen molar-refractivity contribution in [2.45, 2.75) is 44.9 Å². The van der Waals surface area contributed by atoms with Crippen molar-refractivity contribution in [3.8, 4) is 5.75 Å². The second-order valence-electron chi connectivity index (χ2n) is 4.79. The lowest BCUT2D eigenvalue weighted by Crippen LogP contribution is -2.15. The summed E-state index contributed by atoms with van der Waals surface area (Å²) in [6, 6.07) is 8.88. The van der Waals surface area contributed by atoms with Gasteiger partial charge in [0, 0.05) is 19.0 Å². The fourth-order valence-electron chi connectivity index (χ4n) is 1.64. The number of rotatable bonds is 7. The molecule has 1 aromatic carbocycles. The van der Waals surface area contributed by atoms with Crippen LogP contribution in [0, 0.1) is 0 Å². The minimum Gasteiger partial charge on any atom is -0.493 e. The SMILES string of the molecule is CC(O)CCOc1cccc(CNC2CC2)c1. The standard InChI is InChI=1S/C14H21NO2/c1-11(16)7-8-17-14-4-2-3-12(9-14)10-15-13-5-6-13/h2-4,9,11,13,15-16H,5-8,10H2,1H3. The van der Waals surface area contributed by atoms with Crippen molar-refractivity contribution in [2.75, 3.05) is 6.61 Å². The molecule has 0 aliphatic heterocycles. The lowest BCUT2D eigenvalue weighted by molar-refractivity contribution is 0.155. The summed E-state index contributed by atoms with van der Waals surface area (Å²) in [5.74, 6) is 0.890. The van der Waals surface area contributed by atoms with Crippen LogP contribution in [-0.4, -0.2) is 23.9 Å². The van der Waals surface area contributed by atoms with E-state index in [1.807, 2.05) is 12.1 Å². The minimum absolute atomic E-state index is 0.297. The van der Waals surface area contributed by atoms with Crippen LogP contribution in [0.5, 0.6) is 5.75 Å². The molecule has 0 amide bonds. The van der Waals surface area contributed by atoms with Crippen LogP contribution in [0.2, 0.25) is 0 Å². The van der Waals surface area contributed by atoms with Gasteiger partial charge < -0.3 is 15.2 Å². The van der Waals surface area contributed by atoms with Crippen LogP contribution in [0.3, 0.4) is 0 Å². The molecule has 0 heterocycles. The first-order valence-electron chi connectivity index (χ1n) is 6.37. The molecule has 2 N–H and O–H groups in total. The summed E-state index contributed by atoms with van der Waals surface area (Å²) in [6.45, 7) is 3.26. The molecule has 1 aromatic rings. The van der Waals surface area contributed by atoms with Crippen molar-refractivity contribution in [3.05, 3.63) is 29.8 Å². The van der Waals surface area contributed by atoms with Gasteiger partial charge in [0.25, 0.3) is 0 Å². The molecular formula is C14H21NO2. The summed E-state index contributed by atoms with van der Waals surface area (Å²) in [4.78, 5) is 0. The fraction of sp³-hybridized carbons (Fsp3) is 0.571. The maximum atomic E-state index is 9.15. The van der Waals surface area contributed by atoms with Gasteiger partial charge in [-0.05, 0) is 37.5 Å². The van der Waals surface area contributed by atoms with Gasteiger partial charge in [-0.15, -0.1) is 0 Å². The molecule has 0 aromatic heterocycles. The molecule has 94 valence electrons. The molecule has 1 aliphatic carbocycles. The number of nitrogens with one attached hydrogen (secondary N) is 1. The highest BCUT2D eigenvalue weighted by atomic mass is 16.5. The van der Waals surface area contributed by atoms with Crippen LogP contribution < -0.4 is 10.1 Å². The molecule has 1 unspecified atom stereocenters. The molecule has 1 atom stereocenters. The number of hydrogen-bond donors (Lipinski definition) is 2. The minimum atomic E-state index is -0.297. The molecule has 1 saturated carbocycles. The molecular weight excluding hydrogens is 214 g/mol. The average Bonchev–Trinajstić information content (AvgIpc) is 3.10. The summed E-state index contributed by atoms with van der Waals surface area (Å²) in [5, 5.41) is 12.6. The van der Waals surface area contributed by atoms with Gasteiger partial charge in [-0.2, -0.15) is 0 Å². The summed E-state index contributed by atoms with van der Waals surface area (Å²) in [7, 11) is 0. The first-order chi connectivity index (χ1) is 8.24. The Morgan fingerprint density at radius 2 is 2.29 bits per heavy atom. The van der Waals surface area contributed by atoms with Crippen LogP contribution in [-0.2, 0) is 6.54 Å². The van der Waals surface area contributed by atoms with Crippen molar-refractivity contribution in [1.82, 2.24) is 5.32 Å². The number of aliphatic hydroxyl groups is 1. The smallest absolute Gasteiger partial charge is 0.119 e. The summed E-state index contributed by atoms with van der Waals surface area (Å²) >= 11 is 0. The Bertz CT molecular complexity index is 348. The summed E-state index contributed by atoms with van der Waals surface area (Å²) in [5.41, 5.74) is 1.26. The first-order valence-corrected chi connectivity index (χ1v) is 6.37. The third-order valence-corrected chi connectivity index (χ3v) is 2.88. The van der Waals surface area contributed by atoms with Crippen LogP contribution in [0.1, 0.15) is 31.7 Å². The molecule has 2 rings (SSSR count). The van der Waals surface area contributed by atoms with E-state index in [1.54, 1.807) is 6.92 Å². The molecule has 0 radical (unpaired) electrons. The lowest BCUT2D eigenvalue weighted by atomic mass is 10.2. The summed E-state index contributed by atoms with van der Waals surface area (Å²) in [6.07, 6.45) is 2.99. The average molecular weight is 235 g/mol. The Balaban J connectivity index is 1.78. The van der Waals surface area contributed by atoms with E-state index in [2.05, 4.69) is 17.4 Å². The van der Waals surface area contributed by atoms with Gasteiger partial charge in [-0.25, -0.2) is 0 Å². The van der Waals surface area contributed by atoms with E-state index in [1.165, 1.54) is 18.4 Å². The normalized spacial score (nSPS) is 16.8. The zero-order chi connectivity index (χ0) is 12.1. The highest BCUT2D eigenvalue weighted by Crippen LogP contribution is 2.20. The third kappa shape index (κ3) is 4.75. The quantitative estimate of drug-likeness (QED) is 0.760. The molecule has 3 heteroatoms. The molecule has 0 saturated heterocycles. The van der Waals surface area contributed by atoms with Crippen molar-refractivity contribution < 1.29 is 9.84 Å². The van der Waals surface area contributed by atoms with E-state index < -0.39 is 0 Å². The third-order valence-electron chi connectivity index (χ3n) is 2.88. The predicted molar refractivity (Wildman–Crippen MR) is 68.1 cm³/mol. The highest BCUT2D eigenvalue weighted by molar-refractivity contribution is 5.28. The molecule has 1 fully saturated rings. The zero-order valence-electron chi connectivity index (χ0n) is 10.4. The Morgan fingerprint density at radius 3 is 3.00 bits per heavy atom. The predicted octanol–water partition coefficient (Wildman–Crippen LogP) is 2.09. The van der Waals surface area contributed by atoms with Crippen molar-refractivity contribution in [1.29, 1.82) is 0 Å². The number of aliphatic hydroxyl groups excluding tert-OH is 1. The van der Waals surface area contributed by atoms with Crippen LogP contribution in [0.4, 0.5) is 0 Å². The maximum absolute atomic E-state index is 9.15. The van der Waals surface area contributed by atoms with E-state index in [9.17, 15) is 0 Å². The number of benzene rings is 1. The Kier molecular flexibility index (Phi) is 4.40. The molecule has 0 spiro atoms. The van der Waals surface area contributed by atoms with Gasteiger partial charge in [0.15, 0.2) is 0 Å². The van der Waals surface area contributed by atoms with Gasteiger partial charge >= 0.3 is 0 Å². The molecule has 3 nitrogen and oxygen atoms in total. The topological polar surface area (TPSA) is 41.5 Å². The molecule has 0 bridgehead atoms. The van der Waals surface area contributed by atoms with Gasteiger partial charge in [-0.1, -0.05) is 12.1 Å². The molecule has 1 aliphatic rings. The van der Waals surface area contributed by atoms with Crippen LogP contribution in [0.15, 0.2) is 24.3 Å². The first kappa shape index (κ1) is 12.4. The second-order valence-corrected chi connectivity index (χ2v) is 4.79. The van der Waals surface area contributed by atoms with Crippen molar-refractivity contribution in [2.24, 2.45) is 0 Å². The van der Waals surface area contributed by atoms with E-state index in [-0.39, 0.29) is 6.10 Å². The lowest BCUT2D eigenvalue weighted by Gasteiger charge is -2.09. The molecule has 17 heavy (non-hydrogen) atoms. The van der Waals surface area contributed by atoms with Crippen molar-refractivity contribution in [3.63, 3.8) is 0 Å². The zero-order valence-corrected chi connectivity index (χ0v) is 10.4. The largest absolute Gasteiger partial charge is 0.493 e. The Labute approximate surface area is 103 Å². The maximum Gasteiger partial charge on any atom is 0.119 e. The number of ether oxygens (including phenoxy) is 1. The Morgan fingerprint density at radius 1 is 1.47 bits per heavy atom. The van der Waals surface area contributed by atoms with E-state index in [0.29, 0.717) is 13.0 Å². The summed E-state index contributed by atoms with van der Waals surface area (Å²) < 4.78 is 5.59. The number of hydrogen-bond acceptors (Lipinski definition) is 3. The van der Waals surface area contributed by atoms with Gasteiger partial charge in [-0.3, -0.25) is 0 Å². The monoisotopic (exact) mass is 235 g/mol. The van der Waals surface area contributed by atoms with Gasteiger partial charge in [0.1, 0.15) is 5.75 Å². The van der Waals surface area contributed by atoms with Crippen molar-refractivity contribution >= 4 is 0 Å². The second kappa shape index (κ2) is 6.03. The van der Waals surface area contributed by atoms with E-state index in [0.717, 1.165) is 18.3 Å². The van der Waals surface area contributed by atoms with E-state index in [4.69, 9.17) is 9.84 Å². The van der Waals surface area contributed by atoms with Crippen LogP contribution in [0.25, 0.3) is 0 Å². The fourth-order valence-corrected chi connectivity index (χ4v) is 1.64. The highest BCUT2D eigenvalue weighted by Gasteiger charge is 2.19. The Hall–Kier alpha value is -1.06. The van der Waals surface area contributed by atoms with Gasteiger partial charge in [0.2, 0.25) is 0 Å².